The van der Waals surface area contributed by atoms with Gasteiger partial charge in [0.15, 0.2) is 24.6 Å². The number of carbonyl (C=O) groups is 4. The van der Waals surface area contributed by atoms with Gasteiger partial charge in [-0.1, -0.05) is 48.5 Å². The fourth-order valence-electron chi connectivity index (χ4n) is 4.78. The van der Waals surface area contributed by atoms with Gasteiger partial charge in [0, 0.05) is 13.5 Å². The molecule has 1 saturated heterocycles. The Morgan fingerprint density at radius 1 is 0.848 bits per heavy atom. The van der Waals surface area contributed by atoms with Crippen molar-refractivity contribution in [3.8, 4) is 5.75 Å². The number of phenols is 1. The summed E-state index contributed by atoms with van der Waals surface area (Å²) in [6, 6.07) is 19.8. The average Bonchev–Trinajstić information content (AvgIpc) is 3.03. The van der Waals surface area contributed by atoms with E-state index < -0.39 is 66.1 Å². The van der Waals surface area contributed by atoms with Gasteiger partial charge in [-0.25, -0.2) is 14.4 Å². The summed E-state index contributed by atoms with van der Waals surface area (Å²) in [5.41, 5.74) is 6.50. The number of aromatic hydroxyl groups is 1. The third-order valence-corrected chi connectivity index (χ3v) is 6.98. The van der Waals surface area contributed by atoms with E-state index in [4.69, 9.17) is 29.4 Å². The van der Waals surface area contributed by atoms with E-state index in [0.717, 1.165) is 0 Å². The predicted octanol–water partition coefficient (Wildman–Crippen LogP) is 2.91. The van der Waals surface area contributed by atoms with Crippen LogP contribution >= 0.6 is 0 Å². The summed E-state index contributed by atoms with van der Waals surface area (Å²) in [6.45, 7) is 5.05. The molecule has 0 aliphatic carbocycles. The molecule has 4 N–H and O–H groups in total. The number of rotatable bonds is 10. The van der Waals surface area contributed by atoms with Crippen molar-refractivity contribution in [2.75, 3.05) is 7.11 Å². The van der Waals surface area contributed by atoms with Crippen molar-refractivity contribution in [3.63, 3.8) is 0 Å². The molecule has 12 heteroatoms. The van der Waals surface area contributed by atoms with E-state index >= 15 is 0 Å². The molecule has 1 heterocycles. The second kappa shape index (κ2) is 15.0. The van der Waals surface area contributed by atoms with E-state index in [1.807, 2.05) is 0 Å². The van der Waals surface area contributed by atoms with Gasteiger partial charge in [-0.15, -0.1) is 0 Å². The molecule has 0 bridgehead atoms. The van der Waals surface area contributed by atoms with Crippen LogP contribution in [0, 0.1) is 0 Å². The minimum absolute atomic E-state index is 0.0121. The van der Waals surface area contributed by atoms with Gasteiger partial charge in [0.05, 0.1) is 17.2 Å². The Balaban J connectivity index is 1.68. The molecule has 0 unspecified atom stereocenters. The lowest BCUT2D eigenvalue weighted by Gasteiger charge is -2.43. The molecule has 1 aliphatic heterocycles. The highest BCUT2D eigenvalue weighted by Gasteiger charge is 2.52. The first-order valence-corrected chi connectivity index (χ1v) is 14.6. The Kier molecular flexibility index (Phi) is 11.1. The molecule has 1 amide bonds. The number of ether oxygens (including phenoxy) is 5. The smallest absolute Gasteiger partial charge is 0.338 e. The zero-order valence-electron chi connectivity index (χ0n) is 26.0. The molecule has 244 valence electrons. The minimum atomic E-state index is -1.64. The quantitative estimate of drug-likeness (QED) is 0.221. The number of amides is 1. The molecule has 46 heavy (non-hydrogen) atoms. The highest BCUT2D eigenvalue weighted by atomic mass is 16.7. The zero-order chi connectivity index (χ0) is 33.4. The average molecular weight is 635 g/mol. The van der Waals surface area contributed by atoms with Gasteiger partial charge in [0.1, 0.15) is 17.4 Å². The fourth-order valence-corrected chi connectivity index (χ4v) is 4.78. The number of carbonyl (C=O) groups excluding carboxylic acids is 4. The number of hydrogen-bond donors (Lipinski definition) is 3. The van der Waals surface area contributed by atoms with Crippen LogP contribution in [0.1, 0.15) is 47.1 Å². The first-order chi connectivity index (χ1) is 21.9. The second-order valence-electron chi connectivity index (χ2n) is 11.7. The maximum absolute atomic E-state index is 14.0. The van der Waals surface area contributed by atoms with Crippen LogP contribution in [0.4, 0.5) is 0 Å². The maximum Gasteiger partial charge on any atom is 0.338 e. The minimum Gasteiger partial charge on any atom is -0.508 e. The molecule has 0 saturated carbocycles. The van der Waals surface area contributed by atoms with Gasteiger partial charge in [0.25, 0.3) is 5.91 Å². The molecule has 1 aliphatic rings. The van der Waals surface area contributed by atoms with Crippen LogP contribution < -0.4 is 11.1 Å². The van der Waals surface area contributed by atoms with E-state index in [1.165, 1.54) is 43.5 Å². The summed E-state index contributed by atoms with van der Waals surface area (Å²) in [5, 5.41) is 12.4. The highest BCUT2D eigenvalue weighted by molar-refractivity contribution is 5.92. The lowest BCUT2D eigenvalue weighted by molar-refractivity contribution is -0.246. The molecule has 1 fully saturated rings. The van der Waals surface area contributed by atoms with Crippen molar-refractivity contribution >= 4 is 23.8 Å². The molecule has 4 rings (SSSR count). The number of methoxy groups -OCH3 is 1. The van der Waals surface area contributed by atoms with Crippen molar-refractivity contribution in [1.82, 2.24) is 5.32 Å². The first kappa shape index (κ1) is 34.1. The molecule has 3 aromatic rings. The second-order valence-corrected chi connectivity index (χ2v) is 11.7. The van der Waals surface area contributed by atoms with Gasteiger partial charge in [0.2, 0.25) is 0 Å². The van der Waals surface area contributed by atoms with Crippen molar-refractivity contribution < 1.29 is 48.0 Å². The molecule has 12 nitrogen and oxygen atoms in total. The van der Waals surface area contributed by atoms with Crippen LogP contribution in [0.25, 0.3) is 0 Å². The number of hydrogen-bond acceptors (Lipinski definition) is 11. The Bertz CT molecular complexity index is 1490. The Labute approximate surface area is 266 Å². The van der Waals surface area contributed by atoms with Gasteiger partial charge >= 0.3 is 17.9 Å². The summed E-state index contributed by atoms with van der Waals surface area (Å²) in [5.74, 6) is -3.21. The number of benzene rings is 3. The van der Waals surface area contributed by atoms with Crippen LogP contribution in [0.2, 0.25) is 0 Å². The van der Waals surface area contributed by atoms with E-state index in [-0.39, 0.29) is 23.3 Å². The van der Waals surface area contributed by atoms with Gasteiger partial charge in [-0.3, -0.25) is 4.79 Å². The van der Waals surface area contributed by atoms with Gasteiger partial charge < -0.3 is 39.8 Å². The van der Waals surface area contributed by atoms with Crippen LogP contribution in [0.5, 0.6) is 5.75 Å². The lowest BCUT2D eigenvalue weighted by Crippen LogP contribution is -2.67. The third kappa shape index (κ3) is 8.90. The van der Waals surface area contributed by atoms with Crippen LogP contribution in [-0.4, -0.2) is 78.3 Å². The Morgan fingerprint density at radius 3 is 1.87 bits per heavy atom. The normalized spacial score (nSPS) is 21.8. The largest absolute Gasteiger partial charge is 0.508 e. The highest BCUT2D eigenvalue weighted by Crippen LogP contribution is 2.28. The summed E-state index contributed by atoms with van der Waals surface area (Å²) in [4.78, 5) is 53.8. The standard InChI is InChI=1S/C34H38N2O10/c1-34(2,3)46-32(41)24(19-20-15-17-23(37)18-16-20)36-29(38)28-27(44-31(40)22-13-9-6-10-14-22)26(25(35)33(42-4)45-28)43-30(39)21-11-7-5-8-12-21/h5-18,24-28,33,37H,19,35H2,1-4H3,(H,36,38)/t24-,25+,26+,27-,28-,33+/m0/s1. The van der Waals surface area contributed by atoms with E-state index in [9.17, 15) is 24.3 Å². The van der Waals surface area contributed by atoms with Crippen molar-refractivity contribution in [2.24, 2.45) is 5.73 Å². The summed E-state index contributed by atoms with van der Waals surface area (Å²) in [7, 11) is 1.29. The number of nitrogens with one attached hydrogen (secondary N) is 1. The number of phenolic OH excluding ortho intramolecular Hbond substituents is 1. The van der Waals surface area contributed by atoms with Crippen LogP contribution in [0.3, 0.4) is 0 Å². The zero-order valence-corrected chi connectivity index (χ0v) is 26.0. The van der Waals surface area contributed by atoms with Crippen molar-refractivity contribution in [3.05, 3.63) is 102 Å². The molecule has 0 aromatic heterocycles. The van der Waals surface area contributed by atoms with Crippen molar-refractivity contribution in [2.45, 2.75) is 69.5 Å². The van der Waals surface area contributed by atoms with Gasteiger partial charge in [-0.05, 0) is 62.7 Å². The fraction of sp³-hybridized carbons (Fsp3) is 0.353. The van der Waals surface area contributed by atoms with Crippen LogP contribution in [-0.2, 0) is 39.7 Å². The lowest BCUT2D eigenvalue weighted by atomic mass is 9.95. The monoisotopic (exact) mass is 634 g/mol. The summed E-state index contributed by atoms with van der Waals surface area (Å²) in [6.07, 6.45) is -5.90. The predicted molar refractivity (Wildman–Crippen MR) is 165 cm³/mol. The van der Waals surface area contributed by atoms with Crippen molar-refractivity contribution in [1.29, 1.82) is 0 Å². The van der Waals surface area contributed by atoms with E-state index in [0.29, 0.717) is 5.56 Å². The molecular weight excluding hydrogens is 596 g/mol. The summed E-state index contributed by atoms with van der Waals surface area (Å²) < 4.78 is 28.4. The Morgan fingerprint density at radius 2 is 1.37 bits per heavy atom. The molecule has 0 radical (unpaired) electrons. The Hall–Kier alpha value is -4.78. The first-order valence-electron chi connectivity index (χ1n) is 14.6. The number of nitrogens with two attached hydrogens (primary N) is 1. The molecule has 6 atom stereocenters. The van der Waals surface area contributed by atoms with Gasteiger partial charge in [-0.2, -0.15) is 0 Å². The SMILES string of the molecule is CO[C@@H]1O[C@H](C(=O)N[C@@H](Cc2ccc(O)cc2)C(=O)OC(C)(C)C)[C@@H](OC(=O)c2ccccc2)[C@H](OC(=O)c2ccccc2)[C@H]1N. The summed E-state index contributed by atoms with van der Waals surface area (Å²) >= 11 is 0. The van der Waals surface area contributed by atoms with Crippen LogP contribution in [0.15, 0.2) is 84.9 Å². The maximum atomic E-state index is 14.0. The number of esters is 3. The molecule has 3 aromatic carbocycles. The molecule has 0 spiro atoms. The third-order valence-electron chi connectivity index (χ3n) is 6.98. The van der Waals surface area contributed by atoms with E-state index in [1.54, 1.807) is 69.3 Å². The van der Waals surface area contributed by atoms with E-state index in [2.05, 4.69) is 5.32 Å². The topological polar surface area (TPSA) is 173 Å². The molecular formula is C34H38N2O10.